The number of rotatable bonds is 7. The number of aliphatic hydroxyl groups excluding tert-OH is 1. The monoisotopic (exact) mass is 300 g/mol. The Labute approximate surface area is 126 Å². The van der Waals surface area contributed by atoms with E-state index in [1.165, 1.54) is 32.1 Å². The van der Waals surface area contributed by atoms with Crippen molar-refractivity contribution in [3.63, 3.8) is 0 Å². The molecule has 1 aromatic heterocycles. The predicted molar refractivity (Wildman–Crippen MR) is 79.9 cm³/mol. The summed E-state index contributed by atoms with van der Waals surface area (Å²) in [7, 11) is 1.66. The summed E-state index contributed by atoms with van der Waals surface area (Å²) in [6.07, 6.45) is 9.60. The van der Waals surface area contributed by atoms with Crippen molar-refractivity contribution in [3.8, 4) is 0 Å². The zero-order valence-electron chi connectivity index (χ0n) is 12.2. The lowest BCUT2D eigenvalue weighted by Gasteiger charge is -2.23. The number of methoxy groups -OCH3 is 1. The standard InChI is InChI=1S/C15H25ClN2O2/c1-20-10-9-18-15(13(16)11-17-18)14(19)8-7-12-5-3-2-4-6-12/h11-12,14,19H,2-10H2,1H3. The Bertz CT molecular complexity index is 403. The van der Waals surface area contributed by atoms with E-state index in [2.05, 4.69) is 5.10 Å². The second-order valence-electron chi connectivity index (χ2n) is 5.69. The fraction of sp³-hybridized carbons (Fsp3) is 0.800. The molecule has 4 nitrogen and oxygen atoms in total. The van der Waals surface area contributed by atoms with Gasteiger partial charge < -0.3 is 9.84 Å². The third-order valence-corrected chi connectivity index (χ3v) is 4.52. The molecule has 1 N–H and O–H groups in total. The van der Waals surface area contributed by atoms with Gasteiger partial charge in [0.05, 0.1) is 36.2 Å². The van der Waals surface area contributed by atoms with E-state index in [9.17, 15) is 5.11 Å². The molecule has 114 valence electrons. The van der Waals surface area contributed by atoms with Crippen molar-refractivity contribution < 1.29 is 9.84 Å². The zero-order valence-corrected chi connectivity index (χ0v) is 13.0. The van der Waals surface area contributed by atoms with Gasteiger partial charge >= 0.3 is 0 Å². The van der Waals surface area contributed by atoms with Crippen molar-refractivity contribution in [3.05, 3.63) is 16.9 Å². The summed E-state index contributed by atoms with van der Waals surface area (Å²) in [5, 5.41) is 15.2. The zero-order chi connectivity index (χ0) is 14.4. The summed E-state index contributed by atoms with van der Waals surface area (Å²) in [5.41, 5.74) is 0.736. The average molecular weight is 301 g/mol. The Morgan fingerprint density at radius 3 is 2.90 bits per heavy atom. The van der Waals surface area contributed by atoms with Gasteiger partial charge in [0.25, 0.3) is 0 Å². The van der Waals surface area contributed by atoms with Gasteiger partial charge in [-0.25, -0.2) is 0 Å². The molecular formula is C15H25ClN2O2. The first-order valence-electron chi connectivity index (χ1n) is 7.60. The first-order valence-corrected chi connectivity index (χ1v) is 7.98. The Hall–Kier alpha value is -0.580. The van der Waals surface area contributed by atoms with Crippen LogP contribution in [0.2, 0.25) is 5.02 Å². The maximum Gasteiger partial charge on any atom is 0.0971 e. The molecule has 1 aliphatic rings. The molecule has 1 unspecified atom stereocenters. The van der Waals surface area contributed by atoms with E-state index in [4.69, 9.17) is 16.3 Å². The van der Waals surface area contributed by atoms with Crippen LogP contribution in [0.5, 0.6) is 0 Å². The maximum absolute atomic E-state index is 10.4. The first kappa shape index (κ1) is 15.8. The minimum atomic E-state index is -0.524. The molecule has 0 aliphatic heterocycles. The van der Waals surface area contributed by atoms with Crippen LogP contribution in [0.3, 0.4) is 0 Å². The van der Waals surface area contributed by atoms with Crippen LogP contribution >= 0.6 is 11.6 Å². The van der Waals surface area contributed by atoms with E-state index in [1.807, 2.05) is 0 Å². The topological polar surface area (TPSA) is 47.3 Å². The molecule has 1 saturated carbocycles. The number of aliphatic hydroxyl groups is 1. The van der Waals surface area contributed by atoms with Crippen LogP contribution in [-0.2, 0) is 11.3 Å². The van der Waals surface area contributed by atoms with Crippen molar-refractivity contribution in [2.24, 2.45) is 5.92 Å². The van der Waals surface area contributed by atoms with Gasteiger partial charge in [-0.15, -0.1) is 0 Å². The van der Waals surface area contributed by atoms with Crippen LogP contribution in [0.25, 0.3) is 0 Å². The maximum atomic E-state index is 10.4. The number of hydrogen-bond donors (Lipinski definition) is 1. The van der Waals surface area contributed by atoms with Gasteiger partial charge in [0.15, 0.2) is 0 Å². The summed E-state index contributed by atoms with van der Waals surface area (Å²) < 4.78 is 6.82. The number of hydrogen-bond acceptors (Lipinski definition) is 3. The third kappa shape index (κ3) is 4.21. The van der Waals surface area contributed by atoms with E-state index < -0.39 is 6.10 Å². The van der Waals surface area contributed by atoms with E-state index >= 15 is 0 Å². The number of nitrogens with zero attached hydrogens (tertiary/aromatic N) is 2. The van der Waals surface area contributed by atoms with Crippen molar-refractivity contribution in [2.75, 3.05) is 13.7 Å². The van der Waals surface area contributed by atoms with E-state index in [0.717, 1.165) is 24.5 Å². The SMILES string of the molecule is COCCn1ncc(Cl)c1C(O)CCC1CCCCC1. The first-order chi connectivity index (χ1) is 9.72. The average Bonchev–Trinajstić information content (AvgIpc) is 2.84. The Morgan fingerprint density at radius 2 is 2.20 bits per heavy atom. The molecule has 5 heteroatoms. The quantitative estimate of drug-likeness (QED) is 0.837. The normalized spacial score (nSPS) is 18.4. The second kappa shape index (κ2) is 8.01. The minimum Gasteiger partial charge on any atom is -0.387 e. The molecule has 0 bridgehead atoms. The summed E-state index contributed by atoms with van der Waals surface area (Å²) in [6.45, 7) is 1.19. The third-order valence-electron chi connectivity index (χ3n) is 4.23. The summed E-state index contributed by atoms with van der Waals surface area (Å²) >= 11 is 6.16. The molecule has 1 atom stereocenters. The number of halogens is 1. The van der Waals surface area contributed by atoms with Crippen LogP contribution in [-0.4, -0.2) is 28.6 Å². The molecule has 1 heterocycles. The molecule has 2 rings (SSSR count). The fourth-order valence-corrected chi connectivity index (χ4v) is 3.33. The predicted octanol–water partition coefficient (Wildman–Crippen LogP) is 3.58. The highest BCUT2D eigenvalue weighted by Crippen LogP contribution is 2.32. The van der Waals surface area contributed by atoms with Gasteiger partial charge in [0.1, 0.15) is 0 Å². The van der Waals surface area contributed by atoms with Crippen LogP contribution in [0.4, 0.5) is 0 Å². The van der Waals surface area contributed by atoms with Crippen molar-refractivity contribution in [1.82, 2.24) is 9.78 Å². The van der Waals surface area contributed by atoms with Gasteiger partial charge in [-0.3, -0.25) is 4.68 Å². The highest BCUT2D eigenvalue weighted by molar-refractivity contribution is 6.31. The number of ether oxygens (including phenoxy) is 1. The van der Waals surface area contributed by atoms with Gasteiger partial charge in [-0.2, -0.15) is 5.10 Å². The molecule has 1 fully saturated rings. The molecule has 0 aromatic carbocycles. The van der Waals surface area contributed by atoms with Gasteiger partial charge in [0.2, 0.25) is 0 Å². The summed E-state index contributed by atoms with van der Waals surface area (Å²) in [6, 6.07) is 0. The van der Waals surface area contributed by atoms with Crippen molar-refractivity contribution in [1.29, 1.82) is 0 Å². The molecule has 0 radical (unpaired) electrons. The molecule has 1 aromatic rings. The highest BCUT2D eigenvalue weighted by atomic mass is 35.5. The minimum absolute atomic E-state index is 0.524. The van der Waals surface area contributed by atoms with Crippen LogP contribution < -0.4 is 0 Å². The van der Waals surface area contributed by atoms with Crippen LogP contribution in [0, 0.1) is 5.92 Å². The lowest BCUT2D eigenvalue weighted by atomic mass is 9.85. The smallest absolute Gasteiger partial charge is 0.0971 e. The van der Waals surface area contributed by atoms with Crippen LogP contribution in [0.15, 0.2) is 6.20 Å². The molecular weight excluding hydrogens is 276 g/mol. The van der Waals surface area contributed by atoms with E-state index in [0.29, 0.717) is 18.2 Å². The molecule has 1 aliphatic carbocycles. The van der Waals surface area contributed by atoms with Gasteiger partial charge in [-0.05, 0) is 18.8 Å². The fourth-order valence-electron chi connectivity index (χ4n) is 3.07. The lowest BCUT2D eigenvalue weighted by molar-refractivity contribution is 0.134. The summed E-state index contributed by atoms with van der Waals surface area (Å²) in [5.74, 6) is 0.771. The molecule has 0 amide bonds. The van der Waals surface area contributed by atoms with Gasteiger partial charge in [0, 0.05) is 7.11 Å². The van der Waals surface area contributed by atoms with E-state index in [1.54, 1.807) is 18.0 Å². The van der Waals surface area contributed by atoms with Crippen molar-refractivity contribution >= 4 is 11.6 Å². The van der Waals surface area contributed by atoms with Gasteiger partial charge in [-0.1, -0.05) is 43.7 Å². The number of aromatic nitrogens is 2. The summed E-state index contributed by atoms with van der Waals surface area (Å²) in [4.78, 5) is 0. The van der Waals surface area contributed by atoms with E-state index in [-0.39, 0.29) is 0 Å². The largest absolute Gasteiger partial charge is 0.387 e. The highest BCUT2D eigenvalue weighted by Gasteiger charge is 2.20. The second-order valence-corrected chi connectivity index (χ2v) is 6.10. The molecule has 0 saturated heterocycles. The Kier molecular flexibility index (Phi) is 6.33. The lowest BCUT2D eigenvalue weighted by Crippen LogP contribution is -2.14. The molecule has 20 heavy (non-hydrogen) atoms. The van der Waals surface area contributed by atoms with Crippen molar-refractivity contribution in [2.45, 2.75) is 57.6 Å². The Morgan fingerprint density at radius 1 is 1.45 bits per heavy atom. The van der Waals surface area contributed by atoms with Crippen LogP contribution in [0.1, 0.15) is 56.7 Å². The Balaban J connectivity index is 1.90. The molecule has 0 spiro atoms.